The third-order valence-corrected chi connectivity index (χ3v) is 9.93. The van der Waals surface area contributed by atoms with Crippen molar-refractivity contribution >= 4 is 44.6 Å². The Balaban J connectivity index is 1.15. The van der Waals surface area contributed by atoms with Gasteiger partial charge in [-0.15, -0.1) is 11.8 Å². The molecule has 1 unspecified atom stereocenters. The molecule has 0 aliphatic heterocycles. The summed E-state index contributed by atoms with van der Waals surface area (Å²) in [5.74, 6) is -0.264. The van der Waals surface area contributed by atoms with E-state index >= 15 is 0 Å². The molecule has 1 heterocycles. The lowest BCUT2D eigenvalue weighted by Crippen LogP contribution is -2.49. The van der Waals surface area contributed by atoms with Gasteiger partial charge >= 0.3 is 5.97 Å². The van der Waals surface area contributed by atoms with Crippen molar-refractivity contribution in [2.45, 2.75) is 36.1 Å². The Morgan fingerprint density at radius 3 is 2.25 bits per heavy atom. The van der Waals surface area contributed by atoms with Crippen molar-refractivity contribution in [1.82, 2.24) is 10.0 Å². The smallest absolute Gasteiger partial charge is 0.326 e. The molecule has 0 bridgehead atoms. The summed E-state index contributed by atoms with van der Waals surface area (Å²) in [5.41, 5.74) is 2.44. The van der Waals surface area contributed by atoms with Crippen LogP contribution in [0.1, 0.15) is 18.1 Å². The number of aryl methyl sites for hydroxylation is 1. The number of esters is 1. The first kappa shape index (κ1) is 37.2. The molecule has 5 rings (SSSR count). The summed E-state index contributed by atoms with van der Waals surface area (Å²) in [6, 6.07) is 26.4. The third-order valence-electron chi connectivity index (χ3n) is 7.70. The first-order chi connectivity index (χ1) is 24.6. The standard InChI is InChI=1S/C38H38N2O9S2/c1-4-46-38(43)32(40-51(44,45)30-19-9-25(2)10-20-30)24-39-34(41)23-26-11-15-28(16-12-26)47-21-22-48-37-35(42)31-7-5-6-8-33(31)49-36(37)27-13-17-29(50-3)18-14-27/h5-20,32,40H,4,21-24H2,1-3H3,(H,39,41). The molecule has 4 aromatic carbocycles. The molecule has 1 atom stereocenters. The molecule has 266 valence electrons. The van der Waals surface area contributed by atoms with E-state index < -0.39 is 27.9 Å². The van der Waals surface area contributed by atoms with Crippen LogP contribution in [0.5, 0.6) is 11.5 Å². The maximum Gasteiger partial charge on any atom is 0.326 e. The van der Waals surface area contributed by atoms with Gasteiger partial charge in [0.05, 0.1) is 23.3 Å². The van der Waals surface area contributed by atoms with Crippen LogP contribution in [0, 0.1) is 6.92 Å². The van der Waals surface area contributed by atoms with E-state index in [-0.39, 0.29) is 48.9 Å². The number of rotatable bonds is 16. The van der Waals surface area contributed by atoms with Crippen LogP contribution in [0.25, 0.3) is 22.3 Å². The summed E-state index contributed by atoms with van der Waals surface area (Å²) in [6.07, 6.45) is 1.96. The number of thioether (sulfide) groups is 1. The summed E-state index contributed by atoms with van der Waals surface area (Å²) in [4.78, 5) is 39.7. The van der Waals surface area contributed by atoms with Crippen LogP contribution in [-0.2, 0) is 30.8 Å². The molecule has 0 aliphatic carbocycles. The zero-order valence-corrected chi connectivity index (χ0v) is 30.0. The molecule has 5 aromatic rings. The number of carbonyl (C=O) groups is 2. The Hall–Kier alpha value is -5.11. The highest BCUT2D eigenvalue weighted by molar-refractivity contribution is 7.98. The van der Waals surface area contributed by atoms with Gasteiger partial charge in [-0.1, -0.05) is 42.0 Å². The van der Waals surface area contributed by atoms with E-state index in [4.69, 9.17) is 18.6 Å². The topological polar surface area (TPSA) is 150 Å². The van der Waals surface area contributed by atoms with E-state index in [0.29, 0.717) is 33.6 Å². The van der Waals surface area contributed by atoms with Gasteiger partial charge in [0.2, 0.25) is 27.1 Å². The lowest BCUT2D eigenvalue weighted by Gasteiger charge is -2.18. The van der Waals surface area contributed by atoms with Crippen molar-refractivity contribution in [3.8, 4) is 22.8 Å². The number of benzene rings is 4. The first-order valence-corrected chi connectivity index (χ1v) is 18.9. The van der Waals surface area contributed by atoms with E-state index in [1.54, 1.807) is 79.3 Å². The van der Waals surface area contributed by atoms with Crippen LogP contribution in [0.4, 0.5) is 0 Å². The van der Waals surface area contributed by atoms with E-state index in [1.807, 2.05) is 37.4 Å². The Morgan fingerprint density at radius 1 is 0.882 bits per heavy atom. The largest absolute Gasteiger partial charge is 0.490 e. The normalized spacial score (nSPS) is 11.9. The molecule has 0 saturated carbocycles. The molecular weight excluding hydrogens is 693 g/mol. The lowest BCUT2D eigenvalue weighted by atomic mass is 10.1. The Kier molecular flexibility index (Phi) is 12.5. The Labute approximate surface area is 300 Å². The molecule has 0 fully saturated rings. The molecule has 0 spiro atoms. The van der Waals surface area contributed by atoms with Crippen molar-refractivity contribution in [1.29, 1.82) is 0 Å². The number of hydrogen-bond donors (Lipinski definition) is 2. The quantitative estimate of drug-likeness (QED) is 0.0755. The maximum atomic E-state index is 13.4. The number of amides is 1. The third kappa shape index (κ3) is 9.78. The molecule has 1 aromatic heterocycles. The van der Waals surface area contributed by atoms with Gasteiger partial charge < -0.3 is 23.9 Å². The second-order valence-corrected chi connectivity index (χ2v) is 14.0. The molecule has 51 heavy (non-hydrogen) atoms. The fourth-order valence-electron chi connectivity index (χ4n) is 5.05. The summed E-state index contributed by atoms with van der Waals surface area (Å²) in [7, 11) is -4.05. The van der Waals surface area contributed by atoms with Crippen LogP contribution >= 0.6 is 11.8 Å². The van der Waals surface area contributed by atoms with Gasteiger partial charge in [0, 0.05) is 17.0 Å². The van der Waals surface area contributed by atoms with Crippen LogP contribution in [0.2, 0.25) is 0 Å². The van der Waals surface area contributed by atoms with Crippen LogP contribution in [0.15, 0.2) is 116 Å². The fraction of sp³-hybridized carbons (Fsp3) is 0.237. The van der Waals surface area contributed by atoms with Gasteiger partial charge in [-0.05, 0) is 86.3 Å². The van der Waals surface area contributed by atoms with Gasteiger partial charge in [-0.2, -0.15) is 4.72 Å². The van der Waals surface area contributed by atoms with Crippen LogP contribution in [-0.4, -0.2) is 59.0 Å². The maximum absolute atomic E-state index is 13.4. The molecule has 0 saturated heterocycles. The van der Waals surface area contributed by atoms with E-state index in [2.05, 4.69) is 10.0 Å². The van der Waals surface area contributed by atoms with Gasteiger partial charge in [-0.3, -0.25) is 14.4 Å². The van der Waals surface area contributed by atoms with Crippen molar-refractivity contribution in [3.05, 3.63) is 118 Å². The summed E-state index contributed by atoms with van der Waals surface area (Å²) >= 11 is 1.61. The Morgan fingerprint density at radius 2 is 1.57 bits per heavy atom. The summed E-state index contributed by atoms with van der Waals surface area (Å²) in [5, 5.41) is 3.03. The highest BCUT2D eigenvalue weighted by atomic mass is 32.2. The average Bonchev–Trinajstić information content (AvgIpc) is 3.13. The minimum atomic E-state index is -4.05. The highest BCUT2D eigenvalue weighted by Gasteiger charge is 2.27. The van der Waals surface area contributed by atoms with Gasteiger partial charge in [-0.25, -0.2) is 8.42 Å². The van der Waals surface area contributed by atoms with Crippen molar-refractivity contribution in [3.63, 3.8) is 0 Å². The van der Waals surface area contributed by atoms with E-state index in [1.165, 1.54) is 12.1 Å². The van der Waals surface area contributed by atoms with E-state index in [9.17, 15) is 22.8 Å². The van der Waals surface area contributed by atoms with E-state index in [0.717, 1.165) is 10.5 Å². The molecule has 1 amide bonds. The second-order valence-electron chi connectivity index (χ2n) is 11.4. The number of carbonyl (C=O) groups excluding carboxylic acids is 2. The predicted molar refractivity (Wildman–Crippen MR) is 196 cm³/mol. The fourth-order valence-corrected chi connectivity index (χ4v) is 6.64. The average molecular weight is 731 g/mol. The van der Waals surface area contributed by atoms with Crippen LogP contribution in [0.3, 0.4) is 0 Å². The number of hydrogen-bond acceptors (Lipinski definition) is 10. The summed E-state index contributed by atoms with van der Waals surface area (Å²) < 4.78 is 51.0. The lowest BCUT2D eigenvalue weighted by molar-refractivity contribution is -0.145. The highest BCUT2D eigenvalue weighted by Crippen LogP contribution is 2.32. The summed E-state index contributed by atoms with van der Waals surface area (Å²) in [6.45, 7) is 3.38. The Bertz CT molecular complexity index is 2130. The van der Waals surface area contributed by atoms with Crippen molar-refractivity contribution in [2.75, 3.05) is 32.6 Å². The first-order valence-electron chi connectivity index (χ1n) is 16.1. The van der Waals surface area contributed by atoms with Gasteiger partial charge in [0.15, 0.2) is 5.76 Å². The molecule has 2 N–H and O–H groups in total. The number of para-hydroxylation sites is 1. The molecule has 0 aliphatic rings. The minimum Gasteiger partial charge on any atom is -0.490 e. The number of nitrogens with one attached hydrogen (secondary N) is 2. The number of ether oxygens (including phenoxy) is 3. The molecule has 13 heteroatoms. The number of sulfonamides is 1. The second kappa shape index (κ2) is 17.2. The zero-order valence-electron chi connectivity index (χ0n) is 28.3. The van der Waals surface area contributed by atoms with Crippen LogP contribution < -0.4 is 24.9 Å². The van der Waals surface area contributed by atoms with Gasteiger partial charge in [0.1, 0.15) is 30.6 Å². The zero-order chi connectivity index (χ0) is 36.4. The molecule has 11 nitrogen and oxygen atoms in total. The van der Waals surface area contributed by atoms with Crippen molar-refractivity contribution in [2.24, 2.45) is 0 Å². The SMILES string of the molecule is CCOC(=O)C(CNC(=O)Cc1ccc(OCCOc2c(-c3ccc(SC)cc3)oc3ccccc3c2=O)cc1)NS(=O)(=O)c1ccc(C)cc1. The molecule has 0 radical (unpaired) electrons. The monoisotopic (exact) mass is 730 g/mol. The minimum absolute atomic E-state index is 0.0105. The predicted octanol–water partition coefficient (Wildman–Crippen LogP) is 5.52. The van der Waals surface area contributed by atoms with Crippen molar-refractivity contribution < 1.29 is 36.6 Å². The van der Waals surface area contributed by atoms with Gasteiger partial charge in [0.25, 0.3) is 0 Å². The number of fused-ring (bicyclic) bond motifs is 1. The molecular formula is C38H38N2O9S2.